The van der Waals surface area contributed by atoms with E-state index in [1.165, 1.54) is 7.11 Å². The van der Waals surface area contributed by atoms with Crippen LogP contribution < -0.4 is 14.4 Å². The van der Waals surface area contributed by atoms with E-state index in [-0.39, 0.29) is 0 Å². The van der Waals surface area contributed by atoms with Crippen LogP contribution in [-0.4, -0.2) is 39.4 Å². The van der Waals surface area contributed by atoms with Crippen LogP contribution in [0.25, 0.3) is 11.1 Å². The maximum Gasteiger partial charge on any atom is 0.339 e. The lowest BCUT2D eigenvalue weighted by Crippen LogP contribution is -2.28. The van der Waals surface area contributed by atoms with Crippen molar-refractivity contribution in [3.05, 3.63) is 71.8 Å². The van der Waals surface area contributed by atoms with Gasteiger partial charge in [-0.25, -0.2) is 4.79 Å². The van der Waals surface area contributed by atoms with Gasteiger partial charge in [0.1, 0.15) is 11.5 Å². The van der Waals surface area contributed by atoms with E-state index in [4.69, 9.17) is 18.9 Å². The first kappa shape index (κ1) is 25.6. The van der Waals surface area contributed by atoms with Gasteiger partial charge in [0.05, 0.1) is 25.0 Å². The first-order valence-electron chi connectivity index (χ1n) is 12.3. The van der Waals surface area contributed by atoms with Gasteiger partial charge >= 0.3 is 5.97 Å². The Balaban J connectivity index is 1.94. The molecule has 0 aliphatic carbocycles. The summed E-state index contributed by atoms with van der Waals surface area (Å²) in [6, 6.07) is 19.8. The lowest BCUT2D eigenvalue weighted by Gasteiger charge is -2.29. The molecular formula is C30H35NO5. The molecule has 0 saturated carbocycles. The normalized spacial score (nSPS) is 13.8. The van der Waals surface area contributed by atoms with Crippen LogP contribution in [0.2, 0.25) is 0 Å². The van der Waals surface area contributed by atoms with Crippen LogP contribution in [0.3, 0.4) is 0 Å². The van der Waals surface area contributed by atoms with Crippen LogP contribution in [0.5, 0.6) is 17.2 Å². The highest BCUT2D eigenvalue weighted by Gasteiger charge is 2.32. The number of nitrogens with zero attached hydrogens (tertiary/aromatic N) is 1. The highest BCUT2D eigenvalue weighted by Crippen LogP contribution is 2.43. The number of para-hydroxylation sites is 1. The topological polar surface area (TPSA) is 57.2 Å². The maximum absolute atomic E-state index is 13.1. The number of ether oxygens (including phenoxy) is 4. The first-order chi connectivity index (χ1) is 17.2. The molecule has 0 bridgehead atoms. The second-order valence-electron chi connectivity index (χ2n) is 10.1. The zero-order valence-corrected chi connectivity index (χ0v) is 22.0. The molecule has 1 heterocycles. The zero-order chi connectivity index (χ0) is 25.9. The molecule has 0 spiro atoms. The van der Waals surface area contributed by atoms with Gasteiger partial charge < -0.3 is 23.8 Å². The van der Waals surface area contributed by atoms with Crippen LogP contribution in [0.1, 0.15) is 44.4 Å². The SMILES string of the molecule is COC(=O)C(OC(C)(C)C)c1cc(N(C)C)c(Oc2ccccc2)cc1-c1ccc2c(c1)CCCO2. The van der Waals surface area contributed by atoms with Crippen molar-refractivity contribution in [2.45, 2.75) is 45.3 Å². The Hall–Kier alpha value is -3.51. The summed E-state index contributed by atoms with van der Waals surface area (Å²) in [5, 5.41) is 0. The zero-order valence-electron chi connectivity index (χ0n) is 22.0. The summed E-state index contributed by atoms with van der Waals surface area (Å²) in [5.74, 6) is 1.87. The Morgan fingerprint density at radius 2 is 1.78 bits per heavy atom. The number of anilines is 1. The maximum atomic E-state index is 13.1. The molecule has 0 N–H and O–H groups in total. The average Bonchev–Trinajstić information content (AvgIpc) is 2.86. The number of aryl methyl sites for hydroxylation is 1. The highest BCUT2D eigenvalue weighted by molar-refractivity contribution is 5.84. The lowest BCUT2D eigenvalue weighted by atomic mass is 9.92. The first-order valence-corrected chi connectivity index (χ1v) is 12.3. The van der Waals surface area contributed by atoms with Crippen LogP contribution >= 0.6 is 0 Å². The molecule has 6 heteroatoms. The molecule has 0 fully saturated rings. The fourth-order valence-corrected chi connectivity index (χ4v) is 4.33. The van der Waals surface area contributed by atoms with Gasteiger partial charge in [-0.3, -0.25) is 0 Å². The largest absolute Gasteiger partial charge is 0.493 e. The molecule has 3 aromatic carbocycles. The molecule has 1 atom stereocenters. The van der Waals surface area contributed by atoms with Gasteiger partial charge in [0.15, 0.2) is 11.9 Å². The molecule has 6 nitrogen and oxygen atoms in total. The molecule has 190 valence electrons. The summed E-state index contributed by atoms with van der Waals surface area (Å²) in [6.45, 7) is 6.52. The Kier molecular flexibility index (Phi) is 7.55. The van der Waals surface area contributed by atoms with E-state index >= 15 is 0 Å². The smallest absolute Gasteiger partial charge is 0.339 e. The number of hydrogen-bond donors (Lipinski definition) is 0. The van der Waals surface area contributed by atoms with Gasteiger partial charge in [-0.2, -0.15) is 0 Å². The van der Waals surface area contributed by atoms with Crippen molar-refractivity contribution in [1.82, 2.24) is 0 Å². The van der Waals surface area contributed by atoms with Crippen LogP contribution in [0, 0.1) is 0 Å². The number of benzene rings is 3. The van der Waals surface area contributed by atoms with Gasteiger partial charge in [0.2, 0.25) is 0 Å². The van der Waals surface area contributed by atoms with Crippen molar-refractivity contribution in [2.75, 3.05) is 32.7 Å². The number of rotatable bonds is 7. The third-order valence-corrected chi connectivity index (χ3v) is 5.97. The third kappa shape index (κ3) is 5.82. The fourth-order valence-electron chi connectivity index (χ4n) is 4.33. The lowest BCUT2D eigenvalue weighted by molar-refractivity contribution is -0.164. The molecule has 1 aliphatic rings. The van der Waals surface area contributed by atoms with E-state index in [0.717, 1.165) is 58.9 Å². The minimum absolute atomic E-state index is 0.450. The van der Waals surface area contributed by atoms with E-state index in [1.54, 1.807) is 0 Å². The Morgan fingerprint density at radius 1 is 1.03 bits per heavy atom. The second-order valence-corrected chi connectivity index (χ2v) is 10.1. The van der Waals surface area contributed by atoms with Crippen LogP contribution in [-0.2, 0) is 20.7 Å². The number of esters is 1. The van der Waals surface area contributed by atoms with Crippen molar-refractivity contribution < 1.29 is 23.7 Å². The second kappa shape index (κ2) is 10.6. The standard InChI is InChI=1S/C30H35NO5/c1-30(2,3)36-28(29(32)33-6)24-18-25(31(4)5)27(35-22-12-8-7-9-13-22)19-23(24)20-14-15-26-21(17-20)11-10-16-34-26/h7-9,12-15,17-19,28H,10-11,16H2,1-6H3. The third-order valence-electron chi connectivity index (χ3n) is 5.97. The summed E-state index contributed by atoms with van der Waals surface area (Å²) in [6.07, 6.45) is 1.01. The summed E-state index contributed by atoms with van der Waals surface area (Å²) in [4.78, 5) is 15.0. The molecule has 0 saturated heterocycles. The van der Waals surface area contributed by atoms with Gasteiger partial charge in [-0.15, -0.1) is 0 Å². The van der Waals surface area contributed by atoms with E-state index in [1.807, 2.05) is 94.4 Å². The number of fused-ring (bicyclic) bond motifs is 1. The van der Waals surface area contributed by atoms with Gasteiger partial charge in [-0.05, 0) is 86.7 Å². The molecule has 0 aromatic heterocycles. The van der Waals surface area contributed by atoms with E-state index in [9.17, 15) is 4.79 Å². The van der Waals surface area contributed by atoms with Crippen molar-refractivity contribution in [3.8, 4) is 28.4 Å². The quantitative estimate of drug-likeness (QED) is 0.350. The summed E-state index contributed by atoms with van der Waals surface area (Å²) in [7, 11) is 5.28. The predicted molar refractivity (Wildman–Crippen MR) is 142 cm³/mol. The van der Waals surface area contributed by atoms with Gasteiger partial charge in [0.25, 0.3) is 0 Å². The Morgan fingerprint density at radius 3 is 2.44 bits per heavy atom. The van der Waals surface area contributed by atoms with Crippen LogP contribution in [0.15, 0.2) is 60.7 Å². The van der Waals surface area contributed by atoms with E-state index < -0.39 is 17.7 Å². The summed E-state index contributed by atoms with van der Waals surface area (Å²) >= 11 is 0. The molecule has 36 heavy (non-hydrogen) atoms. The van der Waals surface area contributed by atoms with Crippen molar-refractivity contribution >= 4 is 11.7 Å². The minimum Gasteiger partial charge on any atom is -0.493 e. The summed E-state index contributed by atoms with van der Waals surface area (Å²) in [5.41, 5.74) is 3.93. The fraction of sp³-hybridized carbons (Fsp3) is 0.367. The van der Waals surface area contributed by atoms with E-state index in [2.05, 4.69) is 6.07 Å². The van der Waals surface area contributed by atoms with E-state index in [0.29, 0.717) is 5.75 Å². The number of carbonyl (C=O) groups excluding carboxylic acids is 1. The summed E-state index contributed by atoms with van der Waals surface area (Å²) < 4.78 is 23.7. The van der Waals surface area contributed by atoms with Gasteiger partial charge in [-0.1, -0.05) is 24.3 Å². The van der Waals surface area contributed by atoms with Crippen molar-refractivity contribution in [2.24, 2.45) is 0 Å². The monoisotopic (exact) mass is 489 g/mol. The van der Waals surface area contributed by atoms with Crippen molar-refractivity contribution in [1.29, 1.82) is 0 Å². The molecular weight excluding hydrogens is 454 g/mol. The molecule has 1 aliphatic heterocycles. The molecule has 4 rings (SSSR count). The molecule has 0 radical (unpaired) electrons. The highest BCUT2D eigenvalue weighted by atomic mass is 16.6. The van der Waals surface area contributed by atoms with Crippen LogP contribution in [0.4, 0.5) is 5.69 Å². The van der Waals surface area contributed by atoms with Gasteiger partial charge in [0, 0.05) is 19.7 Å². The van der Waals surface area contributed by atoms with Crippen molar-refractivity contribution in [3.63, 3.8) is 0 Å². The number of carbonyl (C=O) groups is 1. The minimum atomic E-state index is -0.915. The Labute approximate surface area is 213 Å². The molecule has 0 amide bonds. The Bertz CT molecular complexity index is 1210. The molecule has 3 aromatic rings. The number of hydrogen-bond acceptors (Lipinski definition) is 6. The number of methoxy groups -OCH3 is 1. The average molecular weight is 490 g/mol. The molecule has 1 unspecified atom stereocenters. The predicted octanol–water partition coefficient (Wildman–Crippen LogP) is 6.57.